The minimum absolute atomic E-state index is 0.0688. The van der Waals surface area contributed by atoms with E-state index in [0.29, 0.717) is 5.56 Å². The van der Waals surface area contributed by atoms with Gasteiger partial charge in [-0.3, -0.25) is 9.59 Å². The number of carbonyl (C=O) groups excluding carboxylic acids is 3. The van der Waals surface area contributed by atoms with Crippen LogP contribution in [0.1, 0.15) is 65.6 Å². The zero-order valence-electron chi connectivity index (χ0n) is 18.8. The van der Waals surface area contributed by atoms with Gasteiger partial charge in [0.15, 0.2) is 0 Å². The highest BCUT2D eigenvalue weighted by molar-refractivity contribution is 5.91. The first-order valence-corrected chi connectivity index (χ1v) is 10.0. The van der Waals surface area contributed by atoms with Gasteiger partial charge in [0.25, 0.3) is 0 Å². The van der Waals surface area contributed by atoms with Crippen molar-refractivity contribution in [2.75, 3.05) is 7.05 Å². The number of nitrogens with one attached hydrogen (secondary N) is 2. The van der Waals surface area contributed by atoms with Gasteiger partial charge in [-0.05, 0) is 59.1 Å². The predicted octanol–water partition coefficient (Wildman–Crippen LogP) is 3.19. The Morgan fingerprint density at radius 1 is 1.03 bits per heavy atom. The standard InChI is InChI=1S/C22H35N3O4/c1-9-16-10-12-17(13-11-16)18(19(26)23-14(2)3)25(8)20(27)15(4)24-21(28)29-22(5,6)7/h10-15,18H,9H2,1-8H3,(H,23,26)(H,24,28). The molecule has 162 valence electrons. The van der Waals surface area contributed by atoms with Crippen LogP contribution in [0, 0.1) is 0 Å². The van der Waals surface area contributed by atoms with Crippen molar-refractivity contribution in [1.82, 2.24) is 15.5 Å². The van der Waals surface area contributed by atoms with E-state index in [0.717, 1.165) is 12.0 Å². The summed E-state index contributed by atoms with van der Waals surface area (Å²) in [6.07, 6.45) is 0.205. The molecule has 0 fully saturated rings. The second-order valence-corrected chi connectivity index (χ2v) is 8.48. The van der Waals surface area contributed by atoms with Gasteiger partial charge in [0.05, 0.1) is 0 Å². The number of rotatable bonds is 7. The Morgan fingerprint density at radius 2 is 1.59 bits per heavy atom. The normalized spacial score (nSPS) is 13.4. The molecule has 0 aliphatic rings. The van der Waals surface area contributed by atoms with Crippen LogP contribution in [-0.2, 0) is 20.7 Å². The van der Waals surface area contributed by atoms with E-state index in [4.69, 9.17) is 4.74 Å². The SMILES string of the molecule is CCc1ccc(C(C(=O)NC(C)C)N(C)C(=O)C(C)NC(=O)OC(C)(C)C)cc1. The van der Waals surface area contributed by atoms with E-state index in [1.165, 1.54) is 4.90 Å². The fraction of sp³-hybridized carbons (Fsp3) is 0.591. The molecule has 0 aliphatic heterocycles. The van der Waals surface area contributed by atoms with Crippen molar-refractivity contribution < 1.29 is 19.1 Å². The maximum atomic E-state index is 12.9. The molecule has 0 aromatic heterocycles. The number of hydrogen-bond acceptors (Lipinski definition) is 4. The summed E-state index contributed by atoms with van der Waals surface area (Å²) in [6, 6.07) is 5.90. The van der Waals surface area contributed by atoms with Crippen LogP contribution in [0.2, 0.25) is 0 Å². The van der Waals surface area contributed by atoms with E-state index >= 15 is 0 Å². The van der Waals surface area contributed by atoms with Crippen molar-refractivity contribution in [3.05, 3.63) is 35.4 Å². The van der Waals surface area contributed by atoms with E-state index in [1.54, 1.807) is 34.7 Å². The van der Waals surface area contributed by atoms with Gasteiger partial charge in [-0.2, -0.15) is 0 Å². The maximum Gasteiger partial charge on any atom is 0.408 e. The fourth-order valence-corrected chi connectivity index (χ4v) is 2.83. The van der Waals surface area contributed by atoms with Crippen LogP contribution in [0.15, 0.2) is 24.3 Å². The number of nitrogens with zero attached hydrogens (tertiary/aromatic N) is 1. The lowest BCUT2D eigenvalue weighted by Gasteiger charge is -2.31. The smallest absolute Gasteiger partial charge is 0.408 e. The van der Waals surface area contributed by atoms with Crippen LogP contribution in [0.25, 0.3) is 0 Å². The molecule has 2 N–H and O–H groups in total. The molecule has 2 unspecified atom stereocenters. The van der Waals surface area contributed by atoms with E-state index in [9.17, 15) is 14.4 Å². The van der Waals surface area contributed by atoms with E-state index in [-0.39, 0.29) is 17.9 Å². The van der Waals surface area contributed by atoms with Gasteiger partial charge >= 0.3 is 6.09 Å². The number of hydrogen-bond donors (Lipinski definition) is 2. The zero-order valence-corrected chi connectivity index (χ0v) is 18.8. The minimum atomic E-state index is -0.848. The highest BCUT2D eigenvalue weighted by Gasteiger charge is 2.32. The van der Waals surface area contributed by atoms with Crippen molar-refractivity contribution in [3.63, 3.8) is 0 Å². The molecule has 2 atom stereocenters. The number of aryl methyl sites for hydroxylation is 1. The summed E-state index contributed by atoms with van der Waals surface area (Å²) in [5, 5.41) is 5.41. The van der Waals surface area contributed by atoms with Crippen LogP contribution in [0.5, 0.6) is 0 Å². The second-order valence-electron chi connectivity index (χ2n) is 8.48. The van der Waals surface area contributed by atoms with Gasteiger partial charge in [-0.25, -0.2) is 4.79 Å². The summed E-state index contributed by atoms with van der Waals surface area (Å²) in [4.78, 5) is 39.2. The van der Waals surface area contributed by atoms with E-state index < -0.39 is 23.8 Å². The van der Waals surface area contributed by atoms with Crippen molar-refractivity contribution in [2.45, 2.75) is 78.6 Å². The highest BCUT2D eigenvalue weighted by Crippen LogP contribution is 2.22. The largest absolute Gasteiger partial charge is 0.444 e. The molecule has 0 bridgehead atoms. The lowest BCUT2D eigenvalue weighted by molar-refractivity contribution is -0.140. The van der Waals surface area contributed by atoms with E-state index in [2.05, 4.69) is 17.6 Å². The van der Waals surface area contributed by atoms with Crippen LogP contribution in [0.3, 0.4) is 0 Å². The number of amides is 3. The van der Waals surface area contributed by atoms with Gasteiger partial charge in [0.2, 0.25) is 11.8 Å². The van der Waals surface area contributed by atoms with Gasteiger partial charge in [0, 0.05) is 13.1 Å². The molecule has 7 heteroatoms. The molecule has 0 heterocycles. The Bertz CT molecular complexity index is 708. The monoisotopic (exact) mass is 405 g/mol. The number of carbonyl (C=O) groups is 3. The average Bonchev–Trinajstić information content (AvgIpc) is 2.59. The zero-order chi connectivity index (χ0) is 22.4. The topological polar surface area (TPSA) is 87.7 Å². The molecule has 0 saturated heterocycles. The first-order chi connectivity index (χ1) is 13.4. The number of likely N-dealkylation sites (N-methyl/N-ethyl adjacent to an activating group) is 1. The molecule has 3 amide bonds. The third-order valence-electron chi connectivity index (χ3n) is 4.22. The lowest BCUT2D eigenvalue weighted by Crippen LogP contribution is -2.51. The predicted molar refractivity (Wildman–Crippen MR) is 113 cm³/mol. The number of ether oxygens (including phenoxy) is 1. The van der Waals surface area contributed by atoms with E-state index in [1.807, 2.05) is 38.1 Å². The summed E-state index contributed by atoms with van der Waals surface area (Å²) < 4.78 is 5.21. The molecule has 1 aromatic carbocycles. The van der Waals surface area contributed by atoms with Crippen molar-refractivity contribution in [2.24, 2.45) is 0 Å². The number of benzene rings is 1. The minimum Gasteiger partial charge on any atom is -0.444 e. The molecular weight excluding hydrogens is 370 g/mol. The Kier molecular flexibility index (Phi) is 8.67. The molecule has 1 aromatic rings. The first kappa shape index (κ1) is 24.5. The van der Waals surface area contributed by atoms with Crippen LogP contribution >= 0.6 is 0 Å². The van der Waals surface area contributed by atoms with Crippen molar-refractivity contribution in [1.29, 1.82) is 0 Å². The summed E-state index contributed by atoms with van der Waals surface area (Å²) in [5.74, 6) is -0.663. The summed E-state index contributed by atoms with van der Waals surface area (Å²) >= 11 is 0. The first-order valence-electron chi connectivity index (χ1n) is 10.0. The van der Waals surface area contributed by atoms with Gasteiger partial charge < -0.3 is 20.3 Å². The van der Waals surface area contributed by atoms with Crippen LogP contribution in [0.4, 0.5) is 4.79 Å². The Balaban J connectivity index is 3.05. The average molecular weight is 406 g/mol. The quantitative estimate of drug-likeness (QED) is 0.729. The second kappa shape index (κ2) is 10.3. The fourth-order valence-electron chi connectivity index (χ4n) is 2.83. The van der Waals surface area contributed by atoms with Crippen LogP contribution in [-0.4, -0.2) is 47.5 Å². The molecule has 7 nitrogen and oxygen atoms in total. The van der Waals surface area contributed by atoms with Crippen molar-refractivity contribution in [3.8, 4) is 0 Å². The Labute approximate surface area is 174 Å². The molecule has 0 spiro atoms. The highest BCUT2D eigenvalue weighted by atomic mass is 16.6. The van der Waals surface area contributed by atoms with Crippen LogP contribution < -0.4 is 10.6 Å². The Hall–Kier alpha value is -2.57. The molecule has 0 radical (unpaired) electrons. The summed E-state index contributed by atoms with van der Waals surface area (Å²) in [7, 11) is 1.56. The van der Waals surface area contributed by atoms with Gasteiger partial charge in [0.1, 0.15) is 17.7 Å². The van der Waals surface area contributed by atoms with Gasteiger partial charge in [-0.1, -0.05) is 31.2 Å². The maximum absolute atomic E-state index is 12.9. The number of alkyl carbamates (subject to hydrolysis) is 1. The summed E-state index contributed by atoms with van der Waals surface area (Å²) in [5.41, 5.74) is 1.19. The van der Waals surface area contributed by atoms with Crippen molar-refractivity contribution >= 4 is 17.9 Å². The summed E-state index contributed by atoms with van der Waals surface area (Å²) in [6.45, 7) is 12.6. The third kappa shape index (κ3) is 7.75. The van der Waals surface area contributed by atoms with Gasteiger partial charge in [-0.15, -0.1) is 0 Å². The lowest BCUT2D eigenvalue weighted by atomic mass is 10.0. The molecule has 1 rings (SSSR count). The molecule has 0 saturated carbocycles. The molecule has 29 heavy (non-hydrogen) atoms. The Morgan fingerprint density at radius 3 is 2.03 bits per heavy atom. The third-order valence-corrected chi connectivity index (χ3v) is 4.22. The molecule has 0 aliphatic carbocycles. The molecular formula is C22H35N3O4.